The van der Waals surface area contributed by atoms with Gasteiger partial charge in [-0.05, 0) is 106 Å². The van der Waals surface area contributed by atoms with Crippen molar-refractivity contribution in [3.63, 3.8) is 0 Å². The molecule has 0 N–H and O–H groups in total. The van der Waals surface area contributed by atoms with Crippen LogP contribution in [0.2, 0.25) is 0 Å². The van der Waals surface area contributed by atoms with Gasteiger partial charge in [-0.2, -0.15) is 4.58 Å². The molecule has 49 heavy (non-hydrogen) atoms. The third-order valence-corrected chi connectivity index (χ3v) is 11.1. The quantitative estimate of drug-likeness (QED) is 0.0862. The Hall–Kier alpha value is -3.70. The summed E-state index contributed by atoms with van der Waals surface area (Å²) in [5.41, 5.74) is 9.82. The van der Waals surface area contributed by atoms with Crippen LogP contribution in [-0.2, 0) is 15.6 Å². The Morgan fingerprint density at radius 1 is 0.918 bits per heavy atom. The summed E-state index contributed by atoms with van der Waals surface area (Å²) in [4.78, 5) is 25.8. The number of unbranched alkanes of at least 4 members (excludes halogenated alkanes) is 4. The van der Waals surface area contributed by atoms with E-state index >= 15 is 0 Å². The molecule has 0 atom stereocenters. The third-order valence-electron chi connectivity index (χ3n) is 10.7. The average Bonchev–Trinajstić information content (AvgIpc) is 3.41. The number of rotatable bonds is 14. The van der Waals surface area contributed by atoms with Crippen molar-refractivity contribution < 1.29 is 18.9 Å². The van der Waals surface area contributed by atoms with Gasteiger partial charge in [0.05, 0.1) is 5.41 Å². The Labute approximate surface area is 299 Å². The zero-order valence-electron chi connectivity index (χ0n) is 30.6. The minimum atomic E-state index is -0.266. The van der Waals surface area contributed by atoms with E-state index in [-0.39, 0.29) is 16.6 Å². The van der Waals surface area contributed by atoms with Gasteiger partial charge in [-0.25, -0.2) is 0 Å². The molecule has 3 aliphatic rings. The highest BCUT2D eigenvalue weighted by Crippen LogP contribution is 2.49. The SMILES string of the molecule is CCCCCN1/C(=C/C=C2\CCCC(/C=C/C3=[N+](CCCCC)c4ccc(OC=O)cc4C3(C)C)=C2Cl)C(C)(C)c2cc(C(C)=O)ccc21. The first kappa shape index (κ1) is 36.6. The number of carbonyl (C=O) groups is 2. The summed E-state index contributed by atoms with van der Waals surface area (Å²) >= 11 is 7.24. The third kappa shape index (κ3) is 7.43. The van der Waals surface area contributed by atoms with Crippen molar-refractivity contribution in [1.29, 1.82) is 0 Å². The van der Waals surface area contributed by atoms with Crippen LogP contribution in [0, 0.1) is 0 Å². The van der Waals surface area contributed by atoms with E-state index in [0.717, 1.165) is 73.3 Å². The Kier molecular flexibility index (Phi) is 11.5. The fourth-order valence-corrected chi connectivity index (χ4v) is 8.08. The molecule has 6 heteroatoms. The summed E-state index contributed by atoms with van der Waals surface area (Å²) in [7, 11) is 0. The fourth-order valence-electron chi connectivity index (χ4n) is 7.77. The Morgan fingerprint density at radius 3 is 2.39 bits per heavy atom. The highest BCUT2D eigenvalue weighted by Gasteiger charge is 2.44. The summed E-state index contributed by atoms with van der Waals surface area (Å²) < 4.78 is 7.67. The predicted octanol–water partition coefficient (Wildman–Crippen LogP) is 11.0. The molecule has 5 nitrogen and oxygen atoms in total. The van der Waals surface area contributed by atoms with Crippen LogP contribution in [0.5, 0.6) is 5.75 Å². The number of allylic oxidation sites excluding steroid dienone is 8. The second-order valence-corrected chi connectivity index (χ2v) is 15.2. The predicted molar refractivity (Wildman–Crippen MR) is 204 cm³/mol. The summed E-state index contributed by atoms with van der Waals surface area (Å²) in [6, 6.07) is 12.2. The second-order valence-electron chi connectivity index (χ2n) is 14.8. The molecule has 1 aliphatic carbocycles. The van der Waals surface area contributed by atoms with Crippen molar-refractivity contribution in [2.24, 2.45) is 0 Å². The molecule has 0 spiro atoms. The molecule has 0 amide bonds. The van der Waals surface area contributed by atoms with E-state index in [4.69, 9.17) is 16.3 Å². The van der Waals surface area contributed by atoms with Gasteiger partial charge in [0.2, 0.25) is 5.69 Å². The van der Waals surface area contributed by atoms with Crippen molar-refractivity contribution >= 4 is 40.9 Å². The average molecular weight is 682 g/mol. The number of ether oxygens (including phenoxy) is 1. The van der Waals surface area contributed by atoms with Gasteiger partial charge < -0.3 is 9.64 Å². The smallest absolute Gasteiger partial charge is 0.298 e. The van der Waals surface area contributed by atoms with Crippen LogP contribution in [0.1, 0.15) is 128 Å². The number of hydrogen-bond acceptors (Lipinski definition) is 4. The second kappa shape index (κ2) is 15.5. The lowest BCUT2D eigenvalue weighted by atomic mass is 9.81. The maximum absolute atomic E-state index is 12.3. The summed E-state index contributed by atoms with van der Waals surface area (Å²) in [6.45, 7) is 17.5. The molecule has 0 saturated heterocycles. The van der Waals surface area contributed by atoms with E-state index in [1.165, 1.54) is 53.2 Å². The number of ketones is 1. The van der Waals surface area contributed by atoms with E-state index in [0.29, 0.717) is 12.2 Å². The molecule has 260 valence electrons. The first-order valence-electron chi connectivity index (χ1n) is 18.3. The lowest BCUT2D eigenvalue weighted by Gasteiger charge is -2.27. The number of halogens is 1. The number of nitrogens with zero attached hydrogens (tertiary/aromatic N) is 2. The standard InChI is InChI=1S/C43H54ClN2O3/c1-8-10-12-25-45-37-21-17-33(30(3)48)27-35(37)42(4,5)39(45)23-18-31-15-14-16-32(41(31)44)19-24-40-43(6,7)36-28-34(49-29-47)20-22-38(36)46(40)26-13-11-9-2/h17-24,27-29H,8-16,25-26H2,1-7H3/q+1. The molecule has 0 saturated carbocycles. The number of Topliss-reactive ketones (excluding diaryl/α,β-unsaturated/α-hetero) is 1. The van der Waals surface area contributed by atoms with E-state index in [1.54, 1.807) is 6.92 Å². The Balaban J connectivity index is 1.50. The van der Waals surface area contributed by atoms with E-state index < -0.39 is 0 Å². The van der Waals surface area contributed by atoms with E-state index in [1.807, 2.05) is 18.2 Å². The van der Waals surface area contributed by atoms with Gasteiger partial charge in [-0.15, -0.1) is 0 Å². The first-order valence-corrected chi connectivity index (χ1v) is 18.6. The van der Waals surface area contributed by atoms with Gasteiger partial charge in [-0.3, -0.25) is 9.59 Å². The van der Waals surface area contributed by atoms with Gasteiger partial charge in [0, 0.05) is 58.1 Å². The molecule has 2 heterocycles. The monoisotopic (exact) mass is 681 g/mol. The van der Waals surface area contributed by atoms with Crippen molar-refractivity contribution in [2.45, 2.75) is 117 Å². The first-order chi connectivity index (χ1) is 23.4. The summed E-state index contributed by atoms with van der Waals surface area (Å²) in [6.07, 6.45) is 18.8. The maximum atomic E-state index is 12.3. The zero-order chi connectivity index (χ0) is 35.3. The minimum Gasteiger partial charge on any atom is -0.429 e. The van der Waals surface area contributed by atoms with Crippen LogP contribution in [0.15, 0.2) is 82.6 Å². The molecular weight excluding hydrogens is 628 g/mol. The zero-order valence-corrected chi connectivity index (χ0v) is 31.4. The molecule has 5 rings (SSSR count). The molecular formula is C43H54ClN2O3+. The van der Waals surface area contributed by atoms with Gasteiger partial charge in [0.1, 0.15) is 12.3 Å². The van der Waals surface area contributed by atoms with E-state index in [9.17, 15) is 9.59 Å². The number of fused-ring (bicyclic) bond motifs is 2. The molecule has 0 fully saturated rings. The van der Waals surface area contributed by atoms with Crippen LogP contribution in [0.4, 0.5) is 11.4 Å². The number of hydrogen-bond donors (Lipinski definition) is 0. The molecule has 0 unspecified atom stereocenters. The Bertz CT molecular complexity index is 1750. The van der Waals surface area contributed by atoms with Crippen molar-refractivity contribution in [1.82, 2.24) is 0 Å². The van der Waals surface area contributed by atoms with Gasteiger partial charge in [-0.1, -0.05) is 70.7 Å². The lowest BCUT2D eigenvalue weighted by molar-refractivity contribution is -0.438. The molecule has 2 aromatic rings. The Morgan fingerprint density at radius 2 is 1.67 bits per heavy atom. The topological polar surface area (TPSA) is 49.6 Å². The van der Waals surface area contributed by atoms with E-state index in [2.05, 4.69) is 93.5 Å². The van der Waals surface area contributed by atoms with Gasteiger partial charge in [0.25, 0.3) is 6.47 Å². The van der Waals surface area contributed by atoms with Gasteiger partial charge in [0.15, 0.2) is 11.5 Å². The lowest BCUT2D eigenvalue weighted by Crippen LogP contribution is -2.28. The van der Waals surface area contributed by atoms with Crippen LogP contribution in [0.3, 0.4) is 0 Å². The summed E-state index contributed by atoms with van der Waals surface area (Å²) in [5, 5.41) is 0.845. The van der Waals surface area contributed by atoms with Crippen LogP contribution in [0.25, 0.3) is 0 Å². The highest BCUT2D eigenvalue weighted by atomic mass is 35.5. The highest BCUT2D eigenvalue weighted by molar-refractivity contribution is 6.32. The van der Waals surface area contributed by atoms with Crippen molar-refractivity contribution in [3.8, 4) is 5.75 Å². The number of carbonyl (C=O) groups excluding carboxylic acids is 2. The molecule has 0 aromatic heterocycles. The minimum absolute atomic E-state index is 0.0965. The van der Waals surface area contributed by atoms with Crippen molar-refractivity contribution in [3.05, 3.63) is 99.3 Å². The number of benzene rings is 2. The summed E-state index contributed by atoms with van der Waals surface area (Å²) in [5.74, 6) is 0.665. The maximum Gasteiger partial charge on any atom is 0.298 e. The fraction of sp³-hybridized carbons (Fsp3) is 0.465. The normalized spacial score (nSPS) is 19.7. The van der Waals surface area contributed by atoms with Gasteiger partial charge >= 0.3 is 0 Å². The molecule has 0 bridgehead atoms. The number of anilines is 1. The largest absolute Gasteiger partial charge is 0.429 e. The molecule has 2 aliphatic heterocycles. The van der Waals surface area contributed by atoms with Crippen LogP contribution in [-0.4, -0.2) is 35.6 Å². The van der Waals surface area contributed by atoms with Crippen LogP contribution < -0.4 is 9.64 Å². The van der Waals surface area contributed by atoms with Crippen LogP contribution >= 0.6 is 11.6 Å². The van der Waals surface area contributed by atoms with Crippen molar-refractivity contribution in [2.75, 3.05) is 18.0 Å². The molecule has 2 aromatic carbocycles. The molecule has 0 radical (unpaired) electrons.